The minimum atomic E-state index is 0.251. The van der Waals surface area contributed by atoms with E-state index >= 15 is 0 Å². The number of rotatable bonds is 3. The van der Waals surface area contributed by atoms with Crippen LogP contribution in [0.2, 0.25) is 0 Å². The molecule has 26 heavy (non-hydrogen) atoms. The number of thiophene rings is 1. The maximum absolute atomic E-state index is 10.2. The van der Waals surface area contributed by atoms with E-state index in [0.29, 0.717) is 5.95 Å². The molecule has 0 aliphatic heterocycles. The molecule has 0 spiro atoms. The summed E-state index contributed by atoms with van der Waals surface area (Å²) >= 11 is 1.62. The summed E-state index contributed by atoms with van der Waals surface area (Å²) in [5.74, 6) is 0.755. The topological polar surface area (TPSA) is 75.9 Å². The van der Waals surface area contributed by atoms with Gasteiger partial charge in [-0.25, -0.2) is 9.97 Å². The standard InChI is InChI=1S/C17H15N5OS.C2H6/c1-10-15(12-5-3-4-6-13(12)23)16-14(24-10)8-18-17(21-16)20-11-7-19-22(2)9-11;1-2/h3-9,23H,1-2H3,(H,18,20,21);1-2H3. The number of nitrogens with zero attached hydrogens (tertiary/aromatic N) is 4. The van der Waals surface area contributed by atoms with Gasteiger partial charge in [-0.15, -0.1) is 11.3 Å². The van der Waals surface area contributed by atoms with Crippen LogP contribution in [0, 0.1) is 6.92 Å². The monoisotopic (exact) mass is 367 g/mol. The average molecular weight is 367 g/mol. The second-order valence-electron chi connectivity index (χ2n) is 5.48. The highest BCUT2D eigenvalue weighted by Gasteiger charge is 2.16. The smallest absolute Gasteiger partial charge is 0.227 e. The zero-order chi connectivity index (χ0) is 18.7. The zero-order valence-corrected chi connectivity index (χ0v) is 16.0. The molecule has 0 bridgehead atoms. The molecular weight excluding hydrogens is 346 g/mol. The Bertz CT molecular complexity index is 1040. The van der Waals surface area contributed by atoms with Crippen LogP contribution in [-0.4, -0.2) is 24.9 Å². The van der Waals surface area contributed by atoms with Gasteiger partial charge in [-0.3, -0.25) is 4.68 Å². The van der Waals surface area contributed by atoms with Crippen LogP contribution in [0.15, 0.2) is 42.9 Å². The summed E-state index contributed by atoms with van der Waals surface area (Å²) in [5, 5.41) is 17.5. The molecule has 0 saturated carbocycles. The number of hydrogen-bond acceptors (Lipinski definition) is 6. The fraction of sp³-hybridized carbons (Fsp3) is 0.211. The summed E-state index contributed by atoms with van der Waals surface area (Å²) in [6, 6.07) is 7.31. The van der Waals surface area contributed by atoms with E-state index in [4.69, 9.17) is 0 Å². The third-order valence-electron chi connectivity index (χ3n) is 3.74. The normalized spacial score (nSPS) is 10.5. The summed E-state index contributed by atoms with van der Waals surface area (Å²) < 4.78 is 2.70. The number of anilines is 2. The summed E-state index contributed by atoms with van der Waals surface area (Å²) in [4.78, 5) is 10.1. The maximum atomic E-state index is 10.2. The first-order chi connectivity index (χ1) is 12.6. The van der Waals surface area contributed by atoms with Gasteiger partial charge in [0.15, 0.2) is 0 Å². The first-order valence-electron chi connectivity index (χ1n) is 8.42. The van der Waals surface area contributed by atoms with E-state index in [1.807, 2.05) is 58.4 Å². The molecule has 6 nitrogen and oxygen atoms in total. The predicted molar refractivity (Wildman–Crippen MR) is 107 cm³/mol. The summed E-state index contributed by atoms with van der Waals surface area (Å²) in [7, 11) is 1.85. The number of aromatic nitrogens is 4. The quantitative estimate of drug-likeness (QED) is 0.540. The van der Waals surface area contributed by atoms with Gasteiger partial charge in [0.25, 0.3) is 0 Å². The number of aromatic hydroxyl groups is 1. The van der Waals surface area contributed by atoms with E-state index < -0.39 is 0 Å². The van der Waals surface area contributed by atoms with Gasteiger partial charge in [0, 0.05) is 29.2 Å². The predicted octanol–water partition coefficient (Wildman–Crippen LogP) is 4.88. The lowest BCUT2D eigenvalue weighted by molar-refractivity contribution is 0.477. The molecule has 3 heterocycles. The van der Waals surface area contributed by atoms with Crippen LogP contribution < -0.4 is 5.32 Å². The highest BCUT2D eigenvalue weighted by molar-refractivity contribution is 7.19. The van der Waals surface area contributed by atoms with Crippen molar-refractivity contribution in [3.05, 3.63) is 47.7 Å². The van der Waals surface area contributed by atoms with Crippen molar-refractivity contribution < 1.29 is 5.11 Å². The lowest BCUT2D eigenvalue weighted by Gasteiger charge is -2.05. The first kappa shape index (κ1) is 17.9. The van der Waals surface area contributed by atoms with Crippen molar-refractivity contribution >= 4 is 33.2 Å². The lowest BCUT2D eigenvalue weighted by atomic mass is 10.0. The molecule has 0 fully saturated rings. The van der Waals surface area contributed by atoms with Crippen LogP contribution >= 0.6 is 11.3 Å². The van der Waals surface area contributed by atoms with Crippen molar-refractivity contribution in [1.82, 2.24) is 19.7 Å². The Morgan fingerprint density at radius 3 is 2.62 bits per heavy atom. The molecule has 0 aliphatic rings. The molecule has 0 atom stereocenters. The number of benzene rings is 1. The SMILES string of the molecule is CC.Cc1sc2cnc(Nc3cnn(C)c3)nc2c1-c1ccccc1O. The van der Waals surface area contributed by atoms with E-state index in [-0.39, 0.29) is 5.75 Å². The number of aryl methyl sites for hydroxylation is 2. The second kappa shape index (κ2) is 7.53. The molecule has 0 saturated heterocycles. The fourth-order valence-electron chi connectivity index (χ4n) is 2.68. The summed E-state index contributed by atoms with van der Waals surface area (Å²) in [6.45, 7) is 6.03. The highest BCUT2D eigenvalue weighted by Crippen LogP contribution is 2.40. The molecule has 0 aliphatic carbocycles. The van der Waals surface area contributed by atoms with Gasteiger partial charge in [0.05, 0.1) is 28.3 Å². The van der Waals surface area contributed by atoms with Crippen molar-refractivity contribution in [1.29, 1.82) is 0 Å². The highest BCUT2D eigenvalue weighted by atomic mass is 32.1. The van der Waals surface area contributed by atoms with Crippen LogP contribution in [0.1, 0.15) is 18.7 Å². The van der Waals surface area contributed by atoms with Crippen LogP contribution in [0.4, 0.5) is 11.6 Å². The van der Waals surface area contributed by atoms with Crippen LogP contribution in [0.3, 0.4) is 0 Å². The first-order valence-corrected chi connectivity index (χ1v) is 9.23. The fourth-order valence-corrected chi connectivity index (χ4v) is 3.67. The molecule has 4 rings (SSSR count). The van der Waals surface area contributed by atoms with Gasteiger partial charge in [0.1, 0.15) is 5.75 Å². The Labute approximate surface area is 156 Å². The lowest BCUT2D eigenvalue weighted by Crippen LogP contribution is -1.96. The minimum absolute atomic E-state index is 0.251. The van der Waals surface area contributed by atoms with Crippen LogP contribution in [-0.2, 0) is 7.05 Å². The average Bonchev–Trinajstić information content (AvgIpc) is 3.19. The molecule has 1 aromatic carbocycles. The summed E-state index contributed by atoms with van der Waals surface area (Å²) in [6.07, 6.45) is 5.38. The number of phenolic OH excluding ortho intramolecular Hbond substituents is 1. The molecule has 4 aromatic rings. The number of phenols is 1. The Morgan fingerprint density at radius 1 is 1.15 bits per heavy atom. The van der Waals surface area contributed by atoms with Gasteiger partial charge in [-0.1, -0.05) is 32.0 Å². The number of nitrogens with one attached hydrogen (secondary N) is 1. The van der Waals surface area contributed by atoms with Gasteiger partial charge < -0.3 is 10.4 Å². The van der Waals surface area contributed by atoms with Crippen molar-refractivity contribution in [3.8, 4) is 16.9 Å². The third kappa shape index (κ3) is 3.39. The van der Waals surface area contributed by atoms with E-state index in [9.17, 15) is 5.11 Å². The Balaban J connectivity index is 0.000000948. The molecule has 0 radical (unpaired) electrons. The molecule has 7 heteroatoms. The van der Waals surface area contributed by atoms with E-state index in [1.165, 1.54) is 0 Å². The third-order valence-corrected chi connectivity index (χ3v) is 4.77. The second-order valence-corrected chi connectivity index (χ2v) is 6.74. The number of para-hydroxylation sites is 1. The van der Waals surface area contributed by atoms with Crippen molar-refractivity contribution in [3.63, 3.8) is 0 Å². The number of fused-ring (bicyclic) bond motifs is 1. The maximum Gasteiger partial charge on any atom is 0.227 e. The van der Waals surface area contributed by atoms with Crippen molar-refractivity contribution in [2.75, 3.05) is 5.32 Å². The molecule has 2 N–H and O–H groups in total. The summed E-state index contributed by atoms with van der Waals surface area (Å²) in [5.41, 5.74) is 3.39. The molecule has 0 unspecified atom stereocenters. The van der Waals surface area contributed by atoms with Crippen molar-refractivity contribution in [2.24, 2.45) is 7.05 Å². The number of hydrogen-bond donors (Lipinski definition) is 2. The van der Waals surface area contributed by atoms with E-state index in [0.717, 1.165) is 31.9 Å². The van der Waals surface area contributed by atoms with Crippen LogP contribution in [0.25, 0.3) is 21.3 Å². The van der Waals surface area contributed by atoms with Gasteiger partial charge >= 0.3 is 0 Å². The minimum Gasteiger partial charge on any atom is -0.507 e. The van der Waals surface area contributed by atoms with Crippen molar-refractivity contribution in [2.45, 2.75) is 20.8 Å². The van der Waals surface area contributed by atoms with E-state index in [2.05, 4.69) is 20.4 Å². The largest absolute Gasteiger partial charge is 0.507 e. The van der Waals surface area contributed by atoms with Crippen LogP contribution in [0.5, 0.6) is 5.75 Å². The molecule has 134 valence electrons. The van der Waals surface area contributed by atoms with Gasteiger partial charge in [-0.05, 0) is 13.0 Å². The van der Waals surface area contributed by atoms with Gasteiger partial charge in [0.2, 0.25) is 5.95 Å². The Kier molecular flexibility index (Phi) is 5.18. The van der Waals surface area contributed by atoms with Gasteiger partial charge in [-0.2, -0.15) is 5.10 Å². The Hall–Kier alpha value is -2.93. The zero-order valence-electron chi connectivity index (χ0n) is 15.2. The molecule has 0 amide bonds. The molecule has 3 aromatic heterocycles. The van der Waals surface area contributed by atoms with E-state index in [1.54, 1.807) is 28.3 Å². The Morgan fingerprint density at radius 2 is 1.92 bits per heavy atom. The molecular formula is C19H21N5OS.